The Bertz CT molecular complexity index is 490. The van der Waals surface area contributed by atoms with Gasteiger partial charge in [-0.1, -0.05) is 24.9 Å². The lowest BCUT2D eigenvalue weighted by Crippen LogP contribution is -2.27. The Labute approximate surface area is 116 Å². The number of hydrogen-bond donors (Lipinski definition) is 0. The summed E-state index contributed by atoms with van der Waals surface area (Å²) in [6.45, 7) is 2.55. The van der Waals surface area contributed by atoms with Gasteiger partial charge in [0.15, 0.2) is 0 Å². The quantitative estimate of drug-likeness (QED) is 0.822. The van der Waals surface area contributed by atoms with Gasteiger partial charge in [-0.25, -0.2) is 12.7 Å². The molecule has 3 nitrogen and oxygen atoms in total. The standard InChI is InChI=1S/C11H15BrClNO2S/c1-3-4-7-14(2)17(15,16)9-5-6-11(13)10(12)8-9/h5-6,8H,3-4,7H2,1-2H3. The van der Waals surface area contributed by atoms with E-state index in [0.29, 0.717) is 16.0 Å². The van der Waals surface area contributed by atoms with Crippen molar-refractivity contribution in [3.05, 3.63) is 27.7 Å². The van der Waals surface area contributed by atoms with Gasteiger partial charge in [-0.3, -0.25) is 0 Å². The smallest absolute Gasteiger partial charge is 0.207 e. The highest BCUT2D eigenvalue weighted by Gasteiger charge is 2.20. The van der Waals surface area contributed by atoms with E-state index in [0.717, 1.165) is 12.8 Å². The molecule has 0 bridgehead atoms. The third-order valence-corrected chi connectivity index (χ3v) is 5.49. The molecule has 0 fully saturated rings. The van der Waals surface area contributed by atoms with Gasteiger partial charge in [0.1, 0.15) is 0 Å². The number of sulfonamides is 1. The van der Waals surface area contributed by atoms with E-state index in [1.807, 2.05) is 6.92 Å². The molecule has 0 saturated carbocycles. The lowest BCUT2D eigenvalue weighted by Gasteiger charge is -2.17. The van der Waals surface area contributed by atoms with Gasteiger partial charge in [0, 0.05) is 18.1 Å². The first-order valence-electron chi connectivity index (χ1n) is 5.31. The number of benzene rings is 1. The van der Waals surface area contributed by atoms with E-state index in [1.165, 1.54) is 16.4 Å². The van der Waals surface area contributed by atoms with Crippen LogP contribution in [0.1, 0.15) is 19.8 Å². The SMILES string of the molecule is CCCCN(C)S(=O)(=O)c1ccc(Cl)c(Br)c1. The number of halogens is 2. The molecule has 0 atom stereocenters. The van der Waals surface area contributed by atoms with Gasteiger partial charge in [-0.2, -0.15) is 0 Å². The summed E-state index contributed by atoms with van der Waals surface area (Å²) in [7, 11) is -1.82. The Kier molecular flexibility index (Phi) is 5.44. The summed E-state index contributed by atoms with van der Waals surface area (Å²) < 4.78 is 26.3. The number of hydrogen-bond acceptors (Lipinski definition) is 2. The molecular formula is C11H15BrClNO2S. The molecule has 0 radical (unpaired) electrons. The summed E-state index contributed by atoms with van der Waals surface area (Å²) in [4.78, 5) is 0.257. The van der Waals surface area contributed by atoms with Gasteiger partial charge < -0.3 is 0 Å². The number of unbranched alkanes of at least 4 members (excludes halogenated alkanes) is 1. The van der Waals surface area contributed by atoms with Crippen molar-refractivity contribution in [1.82, 2.24) is 4.31 Å². The summed E-state index contributed by atoms with van der Waals surface area (Å²) in [5.41, 5.74) is 0. The van der Waals surface area contributed by atoms with Crippen molar-refractivity contribution in [3.63, 3.8) is 0 Å². The van der Waals surface area contributed by atoms with E-state index in [2.05, 4.69) is 15.9 Å². The third-order valence-electron chi connectivity index (χ3n) is 2.43. The Morgan fingerprint density at radius 2 is 2.06 bits per heavy atom. The maximum Gasteiger partial charge on any atom is 0.242 e. The van der Waals surface area contributed by atoms with Crippen LogP contribution >= 0.6 is 27.5 Å². The lowest BCUT2D eigenvalue weighted by atomic mass is 10.3. The van der Waals surface area contributed by atoms with Gasteiger partial charge in [-0.05, 0) is 40.5 Å². The minimum atomic E-state index is -3.41. The molecule has 0 aliphatic heterocycles. The second kappa shape index (κ2) is 6.18. The molecule has 0 aliphatic rings. The first-order valence-corrected chi connectivity index (χ1v) is 7.92. The molecule has 96 valence electrons. The molecule has 0 heterocycles. The number of nitrogens with zero attached hydrogens (tertiary/aromatic N) is 1. The molecule has 1 aromatic carbocycles. The second-order valence-corrected chi connectivity index (χ2v) is 7.06. The predicted molar refractivity (Wildman–Crippen MR) is 73.9 cm³/mol. The predicted octanol–water partition coefficient (Wildman–Crippen LogP) is 3.52. The summed E-state index contributed by atoms with van der Waals surface area (Å²) in [5.74, 6) is 0. The molecule has 17 heavy (non-hydrogen) atoms. The van der Waals surface area contributed by atoms with Gasteiger partial charge in [-0.15, -0.1) is 0 Å². The largest absolute Gasteiger partial charge is 0.242 e. The molecule has 0 unspecified atom stereocenters. The zero-order chi connectivity index (χ0) is 13.1. The summed E-state index contributed by atoms with van der Waals surface area (Å²) in [5, 5.41) is 0.500. The van der Waals surface area contributed by atoms with Gasteiger partial charge in [0.05, 0.1) is 9.92 Å². The maximum absolute atomic E-state index is 12.2. The van der Waals surface area contributed by atoms with E-state index in [9.17, 15) is 8.42 Å². The average Bonchev–Trinajstić information content (AvgIpc) is 2.29. The Hall–Kier alpha value is -0.100. The maximum atomic E-state index is 12.2. The average molecular weight is 341 g/mol. The van der Waals surface area contributed by atoms with Crippen LogP contribution in [-0.4, -0.2) is 26.3 Å². The topological polar surface area (TPSA) is 37.4 Å². The molecule has 1 rings (SSSR count). The van der Waals surface area contributed by atoms with Crippen LogP contribution < -0.4 is 0 Å². The lowest BCUT2D eigenvalue weighted by molar-refractivity contribution is 0.459. The molecule has 0 spiro atoms. The van der Waals surface area contributed by atoms with Crippen molar-refractivity contribution in [3.8, 4) is 0 Å². The normalized spacial score (nSPS) is 12.1. The van der Waals surface area contributed by atoms with E-state index >= 15 is 0 Å². The number of rotatable bonds is 5. The summed E-state index contributed by atoms with van der Waals surface area (Å²) >= 11 is 9.06. The van der Waals surface area contributed by atoms with Crippen molar-refractivity contribution >= 4 is 37.6 Å². The van der Waals surface area contributed by atoms with E-state index in [-0.39, 0.29) is 4.90 Å². The fourth-order valence-corrected chi connectivity index (χ4v) is 3.20. The fraction of sp³-hybridized carbons (Fsp3) is 0.455. The molecule has 0 aliphatic carbocycles. The van der Waals surface area contributed by atoms with Crippen molar-refractivity contribution in [2.75, 3.05) is 13.6 Å². The highest BCUT2D eigenvalue weighted by molar-refractivity contribution is 9.10. The van der Waals surface area contributed by atoms with Crippen LogP contribution in [0.5, 0.6) is 0 Å². The molecule has 1 aromatic rings. The van der Waals surface area contributed by atoms with E-state index < -0.39 is 10.0 Å². The molecule has 6 heteroatoms. The van der Waals surface area contributed by atoms with Gasteiger partial charge in [0.2, 0.25) is 10.0 Å². The molecule has 0 N–H and O–H groups in total. The first kappa shape index (κ1) is 15.0. The highest BCUT2D eigenvalue weighted by atomic mass is 79.9. The van der Waals surface area contributed by atoms with Gasteiger partial charge in [0.25, 0.3) is 0 Å². The van der Waals surface area contributed by atoms with Crippen LogP contribution in [0.25, 0.3) is 0 Å². The van der Waals surface area contributed by atoms with Crippen LogP contribution in [0, 0.1) is 0 Å². The molecule has 0 amide bonds. The van der Waals surface area contributed by atoms with E-state index in [4.69, 9.17) is 11.6 Å². The molecular weight excluding hydrogens is 326 g/mol. The summed E-state index contributed by atoms with van der Waals surface area (Å²) in [6.07, 6.45) is 1.81. The van der Waals surface area contributed by atoms with Crippen LogP contribution in [0.4, 0.5) is 0 Å². The zero-order valence-corrected chi connectivity index (χ0v) is 12.9. The third kappa shape index (κ3) is 3.68. The van der Waals surface area contributed by atoms with Crippen LogP contribution in [-0.2, 0) is 10.0 Å². The van der Waals surface area contributed by atoms with Crippen molar-refractivity contribution in [2.45, 2.75) is 24.7 Å². The molecule has 0 aromatic heterocycles. The van der Waals surface area contributed by atoms with Crippen molar-refractivity contribution in [1.29, 1.82) is 0 Å². The Morgan fingerprint density at radius 1 is 1.41 bits per heavy atom. The van der Waals surface area contributed by atoms with Crippen LogP contribution in [0.2, 0.25) is 5.02 Å². The Balaban J connectivity index is 3.00. The first-order chi connectivity index (χ1) is 7.89. The van der Waals surface area contributed by atoms with Crippen molar-refractivity contribution < 1.29 is 8.42 Å². The minimum Gasteiger partial charge on any atom is -0.207 e. The van der Waals surface area contributed by atoms with Crippen molar-refractivity contribution in [2.24, 2.45) is 0 Å². The monoisotopic (exact) mass is 339 g/mol. The minimum absolute atomic E-state index is 0.257. The fourth-order valence-electron chi connectivity index (χ4n) is 1.32. The van der Waals surface area contributed by atoms with Crippen LogP contribution in [0.3, 0.4) is 0 Å². The van der Waals surface area contributed by atoms with Crippen LogP contribution in [0.15, 0.2) is 27.6 Å². The zero-order valence-electron chi connectivity index (χ0n) is 9.78. The summed E-state index contributed by atoms with van der Waals surface area (Å²) in [6, 6.07) is 4.62. The Morgan fingerprint density at radius 3 is 2.59 bits per heavy atom. The van der Waals surface area contributed by atoms with E-state index in [1.54, 1.807) is 13.1 Å². The highest BCUT2D eigenvalue weighted by Crippen LogP contribution is 2.26. The van der Waals surface area contributed by atoms with Gasteiger partial charge >= 0.3 is 0 Å². The molecule has 0 saturated heterocycles. The second-order valence-electron chi connectivity index (χ2n) is 3.76.